The number of benzene rings is 2. The summed E-state index contributed by atoms with van der Waals surface area (Å²) in [6.07, 6.45) is -4.45. The van der Waals surface area contributed by atoms with Crippen molar-refractivity contribution >= 4 is 11.8 Å². The van der Waals surface area contributed by atoms with Gasteiger partial charge in [-0.1, -0.05) is 0 Å². The standard InChI is InChI=1S/C20H21F3N2O3/c1-3-28-17-9-6-15(12-13(17)2)19(27)25-11-10-24-18(26)14-4-7-16(8-5-14)20(21,22)23/h4-9,12H,3,10-11H2,1-2H3,(H,24,26)(H,25,27). The molecule has 0 bridgehead atoms. The summed E-state index contributed by atoms with van der Waals surface area (Å²) in [6.45, 7) is 4.56. The predicted octanol–water partition coefficient (Wildman–Crippen LogP) is 3.57. The molecule has 2 aromatic carbocycles. The highest BCUT2D eigenvalue weighted by Gasteiger charge is 2.30. The van der Waals surface area contributed by atoms with E-state index < -0.39 is 17.6 Å². The van der Waals surface area contributed by atoms with E-state index in [0.717, 1.165) is 29.8 Å². The number of hydrogen-bond donors (Lipinski definition) is 2. The van der Waals surface area contributed by atoms with Crippen LogP contribution in [0, 0.1) is 6.92 Å². The van der Waals surface area contributed by atoms with Crippen LogP contribution >= 0.6 is 0 Å². The number of ether oxygens (including phenoxy) is 1. The van der Waals surface area contributed by atoms with Gasteiger partial charge in [0.25, 0.3) is 11.8 Å². The zero-order valence-corrected chi connectivity index (χ0v) is 15.5. The summed E-state index contributed by atoms with van der Waals surface area (Å²) in [4.78, 5) is 24.1. The first-order chi connectivity index (χ1) is 13.2. The molecule has 8 heteroatoms. The molecule has 0 spiro atoms. The van der Waals surface area contributed by atoms with Crippen LogP contribution < -0.4 is 15.4 Å². The molecule has 2 rings (SSSR count). The van der Waals surface area contributed by atoms with Gasteiger partial charge in [-0.3, -0.25) is 9.59 Å². The fraction of sp³-hybridized carbons (Fsp3) is 0.300. The second kappa shape index (κ2) is 9.25. The van der Waals surface area contributed by atoms with Crippen molar-refractivity contribution in [2.24, 2.45) is 0 Å². The maximum Gasteiger partial charge on any atom is 0.416 e. The summed E-state index contributed by atoms with van der Waals surface area (Å²) in [7, 11) is 0. The molecule has 0 atom stereocenters. The molecular weight excluding hydrogens is 373 g/mol. The van der Waals surface area contributed by atoms with Crippen LogP contribution in [0.4, 0.5) is 13.2 Å². The van der Waals surface area contributed by atoms with Crippen LogP contribution in [0.2, 0.25) is 0 Å². The van der Waals surface area contributed by atoms with Gasteiger partial charge in [0.2, 0.25) is 0 Å². The minimum Gasteiger partial charge on any atom is -0.494 e. The van der Waals surface area contributed by atoms with Crippen molar-refractivity contribution in [2.75, 3.05) is 19.7 Å². The van der Waals surface area contributed by atoms with Gasteiger partial charge in [-0.15, -0.1) is 0 Å². The van der Waals surface area contributed by atoms with E-state index in [1.807, 2.05) is 13.8 Å². The van der Waals surface area contributed by atoms with E-state index >= 15 is 0 Å². The molecule has 0 saturated carbocycles. The van der Waals surface area contributed by atoms with Gasteiger partial charge in [0.1, 0.15) is 5.75 Å². The van der Waals surface area contributed by atoms with E-state index in [1.165, 1.54) is 0 Å². The number of aryl methyl sites for hydroxylation is 1. The Bertz CT molecular complexity index is 834. The van der Waals surface area contributed by atoms with Crippen molar-refractivity contribution in [3.05, 3.63) is 64.7 Å². The first-order valence-corrected chi connectivity index (χ1v) is 8.69. The Balaban J connectivity index is 1.81. The van der Waals surface area contributed by atoms with Crippen LogP contribution in [0.5, 0.6) is 5.75 Å². The van der Waals surface area contributed by atoms with Gasteiger partial charge in [0.15, 0.2) is 0 Å². The molecule has 5 nitrogen and oxygen atoms in total. The fourth-order valence-corrected chi connectivity index (χ4v) is 2.47. The quantitative estimate of drug-likeness (QED) is 0.706. The van der Waals surface area contributed by atoms with Crippen LogP contribution in [0.3, 0.4) is 0 Å². The number of hydrogen-bond acceptors (Lipinski definition) is 3. The summed E-state index contributed by atoms with van der Waals surface area (Å²) >= 11 is 0. The minimum atomic E-state index is -4.45. The van der Waals surface area contributed by atoms with Gasteiger partial charge < -0.3 is 15.4 Å². The lowest BCUT2D eigenvalue weighted by Crippen LogP contribution is -2.34. The number of carbonyl (C=O) groups is 2. The predicted molar refractivity (Wildman–Crippen MR) is 98.5 cm³/mol. The minimum absolute atomic E-state index is 0.112. The molecule has 0 heterocycles. The average Bonchev–Trinajstić information content (AvgIpc) is 2.66. The van der Waals surface area contributed by atoms with Crippen molar-refractivity contribution in [3.63, 3.8) is 0 Å². The summed E-state index contributed by atoms with van der Waals surface area (Å²) in [6, 6.07) is 9.00. The van der Waals surface area contributed by atoms with Gasteiger partial charge in [0, 0.05) is 24.2 Å². The Morgan fingerprint density at radius 1 is 0.929 bits per heavy atom. The molecule has 0 aliphatic carbocycles. The number of nitrogens with one attached hydrogen (secondary N) is 2. The number of carbonyl (C=O) groups excluding carboxylic acids is 2. The SMILES string of the molecule is CCOc1ccc(C(=O)NCCNC(=O)c2ccc(C(F)(F)F)cc2)cc1C. The third-order valence-corrected chi connectivity index (χ3v) is 3.91. The Hall–Kier alpha value is -3.03. The summed E-state index contributed by atoms with van der Waals surface area (Å²) in [5.74, 6) is -0.0994. The van der Waals surface area contributed by atoms with E-state index in [4.69, 9.17) is 4.74 Å². The Labute approximate surface area is 160 Å². The van der Waals surface area contributed by atoms with E-state index in [9.17, 15) is 22.8 Å². The highest BCUT2D eigenvalue weighted by Crippen LogP contribution is 2.29. The van der Waals surface area contributed by atoms with E-state index in [2.05, 4.69) is 10.6 Å². The van der Waals surface area contributed by atoms with Gasteiger partial charge in [-0.2, -0.15) is 13.2 Å². The molecule has 0 unspecified atom stereocenters. The molecular formula is C20H21F3N2O3. The van der Waals surface area contributed by atoms with Crippen molar-refractivity contribution in [1.29, 1.82) is 0 Å². The number of amides is 2. The van der Waals surface area contributed by atoms with Gasteiger partial charge in [0.05, 0.1) is 12.2 Å². The molecule has 0 saturated heterocycles. The molecule has 28 heavy (non-hydrogen) atoms. The highest BCUT2D eigenvalue weighted by atomic mass is 19.4. The Morgan fingerprint density at radius 2 is 1.46 bits per heavy atom. The smallest absolute Gasteiger partial charge is 0.416 e. The Morgan fingerprint density at radius 3 is 1.96 bits per heavy atom. The largest absolute Gasteiger partial charge is 0.494 e. The molecule has 2 aromatic rings. The second-order valence-corrected chi connectivity index (χ2v) is 6.00. The summed E-state index contributed by atoms with van der Waals surface area (Å²) in [5.41, 5.74) is 0.601. The van der Waals surface area contributed by atoms with Crippen molar-refractivity contribution in [3.8, 4) is 5.75 Å². The van der Waals surface area contributed by atoms with Crippen LogP contribution in [0.1, 0.15) is 38.8 Å². The maximum atomic E-state index is 12.5. The molecule has 0 aliphatic heterocycles. The number of halogens is 3. The number of rotatable bonds is 7. The summed E-state index contributed by atoms with van der Waals surface area (Å²) < 4.78 is 43.0. The van der Waals surface area contributed by atoms with Crippen LogP contribution in [-0.2, 0) is 6.18 Å². The second-order valence-electron chi connectivity index (χ2n) is 6.00. The van der Waals surface area contributed by atoms with Crippen LogP contribution in [0.15, 0.2) is 42.5 Å². The van der Waals surface area contributed by atoms with Crippen LogP contribution in [0.25, 0.3) is 0 Å². The molecule has 2 amide bonds. The highest BCUT2D eigenvalue weighted by molar-refractivity contribution is 5.95. The van der Waals surface area contributed by atoms with Gasteiger partial charge >= 0.3 is 6.18 Å². The van der Waals surface area contributed by atoms with Crippen molar-refractivity contribution < 1.29 is 27.5 Å². The fourth-order valence-electron chi connectivity index (χ4n) is 2.47. The molecule has 0 fully saturated rings. The lowest BCUT2D eigenvalue weighted by Gasteiger charge is -2.10. The molecule has 2 N–H and O–H groups in total. The van der Waals surface area contributed by atoms with Crippen molar-refractivity contribution in [2.45, 2.75) is 20.0 Å². The monoisotopic (exact) mass is 394 g/mol. The third kappa shape index (κ3) is 5.73. The van der Waals surface area contributed by atoms with Gasteiger partial charge in [-0.05, 0) is 61.9 Å². The molecule has 150 valence electrons. The van der Waals surface area contributed by atoms with E-state index in [0.29, 0.717) is 17.9 Å². The number of alkyl halides is 3. The first-order valence-electron chi connectivity index (χ1n) is 8.69. The van der Waals surface area contributed by atoms with E-state index in [-0.39, 0.29) is 24.6 Å². The zero-order valence-electron chi connectivity index (χ0n) is 15.5. The van der Waals surface area contributed by atoms with Crippen molar-refractivity contribution in [1.82, 2.24) is 10.6 Å². The van der Waals surface area contributed by atoms with E-state index in [1.54, 1.807) is 18.2 Å². The first kappa shape index (κ1) is 21.3. The summed E-state index contributed by atoms with van der Waals surface area (Å²) in [5, 5.41) is 5.22. The van der Waals surface area contributed by atoms with Crippen LogP contribution in [-0.4, -0.2) is 31.5 Å². The third-order valence-electron chi connectivity index (χ3n) is 3.91. The lowest BCUT2D eigenvalue weighted by atomic mass is 10.1. The zero-order chi connectivity index (χ0) is 20.7. The molecule has 0 radical (unpaired) electrons. The maximum absolute atomic E-state index is 12.5. The molecule has 0 aromatic heterocycles. The molecule has 0 aliphatic rings. The van der Waals surface area contributed by atoms with Gasteiger partial charge in [-0.25, -0.2) is 0 Å². The normalized spacial score (nSPS) is 11.0. The average molecular weight is 394 g/mol. The Kier molecular flexibility index (Phi) is 7.03. The topological polar surface area (TPSA) is 67.4 Å². The lowest BCUT2D eigenvalue weighted by molar-refractivity contribution is -0.137.